The van der Waals surface area contributed by atoms with Crippen LogP contribution in [0.2, 0.25) is 0 Å². The van der Waals surface area contributed by atoms with Gasteiger partial charge in [-0.25, -0.2) is 0 Å². The summed E-state index contributed by atoms with van der Waals surface area (Å²) < 4.78 is 0. The lowest BCUT2D eigenvalue weighted by Crippen LogP contribution is -2.35. The van der Waals surface area contributed by atoms with Crippen LogP contribution in [0.3, 0.4) is 0 Å². The van der Waals surface area contributed by atoms with Gasteiger partial charge in [-0.05, 0) is 18.4 Å². The van der Waals surface area contributed by atoms with Crippen LogP contribution in [0.15, 0.2) is 18.2 Å². The van der Waals surface area contributed by atoms with Crippen LogP contribution in [0.4, 0.5) is 11.4 Å². The first-order valence-electron chi connectivity index (χ1n) is 6.79. The Labute approximate surface area is 124 Å². The molecule has 0 radical (unpaired) electrons. The van der Waals surface area contributed by atoms with Crippen LogP contribution in [0.25, 0.3) is 0 Å². The first kappa shape index (κ1) is 16.9. The number of amides is 1. The van der Waals surface area contributed by atoms with E-state index >= 15 is 0 Å². The zero-order valence-corrected chi connectivity index (χ0v) is 12.6. The minimum absolute atomic E-state index is 0.00251. The molecule has 0 fully saturated rings. The Hall–Kier alpha value is -2.15. The maximum atomic E-state index is 12.3. The van der Waals surface area contributed by atoms with Gasteiger partial charge in [0.1, 0.15) is 5.69 Å². The highest BCUT2D eigenvalue weighted by Gasteiger charge is 2.21. The Bertz CT molecular complexity index is 531. The SMILES string of the molecule is CC(C)C(N)CCN(C)C(=O)c1cccc([N+](=O)[O-])c1N. The van der Waals surface area contributed by atoms with Crippen molar-refractivity contribution in [1.82, 2.24) is 4.90 Å². The summed E-state index contributed by atoms with van der Waals surface area (Å²) in [6.45, 7) is 4.51. The number of nitro benzene ring substituents is 1. The number of para-hydroxylation sites is 1. The van der Waals surface area contributed by atoms with E-state index in [-0.39, 0.29) is 28.9 Å². The summed E-state index contributed by atoms with van der Waals surface area (Å²) in [5.74, 6) is -0.0106. The number of benzene rings is 1. The lowest BCUT2D eigenvalue weighted by Gasteiger charge is -2.22. The molecule has 1 aromatic rings. The molecule has 0 aliphatic heterocycles. The average molecular weight is 294 g/mol. The molecule has 0 aromatic heterocycles. The molecule has 1 rings (SSSR count). The van der Waals surface area contributed by atoms with Crippen LogP contribution in [0, 0.1) is 16.0 Å². The van der Waals surface area contributed by atoms with Gasteiger partial charge in [-0.1, -0.05) is 19.9 Å². The van der Waals surface area contributed by atoms with Crippen LogP contribution in [0.1, 0.15) is 30.6 Å². The van der Waals surface area contributed by atoms with E-state index in [2.05, 4.69) is 0 Å². The molecule has 1 amide bonds. The van der Waals surface area contributed by atoms with E-state index in [4.69, 9.17) is 11.5 Å². The van der Waals surface area contributed by atoms with E-state index in [0.29, 0.717) is 18.9 Å². The first-order chi connectivity index (χ1) is 9.75. The smallest absolute Gasteiger partial charge is 0.292 e. The maximum Gasteiger partial charge on any atom is 0.292 e. The Morgan fingerprint density at radius 1 is 1.43 bits per heavy atom. The van der Waals surface area contributed by atoms with Crippen LogP contribution in [-0.4, -0.2) is 35.4 Å². The van der Waals surface area contributed by atoms with E-state index in [1.807, 2.05) is 13.8 Å². The summed E-state index contributed by atoms with van der Waals surface area (Å²) in [7, 11) is 1.63. The van der Waals surface area contributed by atoms with Gasteiger partial charge in [-0.2, -0.15) is 0 Å². The number of rotatable bonds is 6. The summed E-state index contributed by atoms with van der Waals surface area (Å²) in [5, 5.41) is 10.8. The van der Waals surface area contributed by atoms with Crippen molar-refractivity contribution < 1.29 is 9.72 Å². The minimum Gasteiger partial charge on any atom is -0.393 e. The van der Waals surface area contributed by atoms with Gasteiger partial charge in [0.15, 0.2) is 0 Å². The van der Waals surface area contributed by atoms with Crippen LogP contribution in [-0.2, 0) is 0 Å². The van der Waals surface area contributed by atoms with E-state index in [1.54, 1.807) is 7.05 Å². The predicted molar refractivity (Wildman–Crippen MR) is 81.9 cm³/mol. The van der Waals surface area contributed by atoms with Crippen molar-refractivity contribution in [3.8, 4) is 0 Å². The lowest BCUT2D eigenvalue weighted by atomic mass is 10.0. The second kappa shape index (κ2) is 7.03. The van der Waals surface area contributed by atoms with Gasteiger partial charge in [-0.3, -0.25) is 14.9 Å². The summed E-state index contributed by atoms with van der Waals surface area (Å²) in [6.07, 6.45) is 0.661. The molecule has 1 atom stereocenters. The molecule has 116 valence electrons. The predicted octanol–water partition coefficient (Wildman–Crippen LogP) is 1.62. The number of nitrogen functional groups attached to an aromatic ring is 1. The zero-order valence-electron chi connectivity index (χ0n) is 12.6. The Morgan fingerprint density at radius 3 is 2.57 bits per heavy atom. The Morgan fingerprint density at radius 2 is 2.05 bits per heavy atom. The van der Waals surface area contributed by atoms with Gasteiger partial charge in [0, 0.05) is 25.7 Å². The molecule has 0 aliphatic rings. The largest absolute Gasteiger partial charge is 0.393 e. The molecule has 1 unspecified atom stereocenters. The van der Waals surface area contributed by atoms with Gasteiger partial charge in [0.05, 0.1) is 10.5 Å². The fourth-order valence-electron chi connectivity index (χ4n) is 1.88. The Balaban J connectivity index is 2.84. The minimum atomic E-state index is -0.596. The molecule has 7 heteroatoms. The van der Waals surface area contributed by atoms with Crippen molar-refractivity contribution >= 4 is 17.3 Å². The first-order valence-corrected chi connectivity index (χ1v) is 6.79. The number of hydrogen-bond acceptors (Lipinski definition) is 5. The number of carbonyl (C=O) groups is 1. The summed E-state index contributed by atoms with van der Waals surface area (Å²) >= 11 is 0. The zero-order chi connectivity index (χ0) is 16.2. The van der Waals surface area contributed by atoms with Crippen LogP contribution < -0.4 is 11.5 Å². The summed E-state index contributed by atoms with van der Waals surface area (Å²) in [5.41, 5.74) is 11.4. The lowest BCUT2D eigenvalue weighted by molar-refractivity contribution is -0.383. The normalized spacial score (nSPS) is 12.2. The highest BCUT2D eigenvalue weighted by Crippen LogP contribution is 2.25. The second-order valence-electron chi connectivity index (χ2n) is 5.42. The monoisotopic (exact) mass is 294 g/mol. The second-order valence-corrected chi connectivity index (χ2v) is 5.42. The average Bonchev–Trinajstić information content (AvgIpc) is 2.43. The molecule has 0 saturated carbocycles. The van der Waals surface area contributed by atoms with Crippen LogP contribution in [0.5, 0.6) is 0 Å². The number of hydrogen-bond donors (Lipinski definition) is 2. The molecule has 0 spiro atoms. The maximum absolute atomic E-state index is 12.3. The Kier molecular flexibility index (Phi) is 5.66. The third-order valence-electron chi connectivity index (χ3n) is 3.51. The van der Waals surface area contributed by atoms with Crippen LogP contribution >= 0.6 is 0 Å². The molecule has 0 saturated heterocycles. The topological polar surface area (TPSA) is 115 Å². The molecule has 21 heavy (non-hydrogen) atoms. The molecular formula is C14H22N4O3. The standard InChI is InChI=1S/C14H22N4O3/c1-9(2)11(15)7-8-17(3)14(19)10-5-4-6-12(13(10)16)18(20)21/h4-6,9,11H,7-8,15-16H2,1-3H3. The van der Waals surface area contributed by atoms with E-state index in [0.717, 1.165) is 0 Å². The van der Waals surface area contributed by atoms with Crippen molar-refractivity contribution in [2.75, 3.05) is 19.3 Å². The third-order valence-corrected chi connectivity index (χ3v) is 3.51. The van der Waals surface area contributed by atoms with Gasteiger partial charge >= 0.3 is 0 Å². The highest BCUT2D eigenvalue weighted by atomic mass is 16.6. The number of carbonyl (C=O) groups excluding carboxylic acids is 1. The van der Waals surface area contributed by atoms with Crippen molar-refractivity contribution in [3.63, 3.8) is 0 Å². The van der Waals surface area contributed by atoms with Gasteiger partial charge < -0.3 is 16.4 Å². The number of nitrogens with two attached hydrogens (primary N) is 2. The summed E-state index contributed by atoms with van der Waals surface area (Å²) in [4.78, 5) is 24.0. The van der Waals surface area contributed by atoms with Crippen molar-refractivity contribution in [2.24, 2.45) is 11.7 Å². The fraction of sp³-hybridized carbons (Fsp3) is 0.500. The molecule has 0 aliphatic carbocycles. The molecule has 1 aromatic carbocycles. The van der Waals surface area contributed by atoms with E-state index in [9.17, 15) is 14.9 Å². The molecular weight excluding hydrogens is 272 g/mol. The van der Waals surface area contributed by atoms with E-state index in [1.165, 1.54) is 23.1 Å². The molecule has 4 N–H and O–H groups in total. The third kappa shape index (κ3) is 4.16. The molecule has 0 heterocycles. The summed E-state index contributed by atoms with van der Waals surface area (Å²) in [6, 6.07) is 4.22. The number of nitro groups is 1. The van der Waals surface area contributed by atoms with Gasteiger partial charge in [0.2, 0.25) is 0 Å². The van der Waals surface area contributed by atoms with Crippen molar-refractivity contribution in [2.45, 2.75) is 26.3 Å². The van der Waals surface area contributed by atoms with Crippen molar-refractivity contribution in [3.05, 3.63) is 33.9 Å². The highest BCUT2D eigenvalue weighted by molar-refractivity contribution is 6.00. The number of anilines is 1. The number of nitrogens with zero attached hydrogens (tertiary/aromatic N) is 2. The molecule has 7 nitrogen and oxygen atoms in total. The van der Waals surface area contributed by atoms with Gasteiger partial charge in [-0.15, -0.1) is 0 Å². The fourth-order valence-corrected chi connectivity index (χ4v) is 1.88. The van der Waals surface area contributed by atoms with E-state index < -0.39 is 4.92 Å². The van der Waals surface area contributed by atoms with Gasteiger partial charge in [0.25, 0.3) is 11.6 Å². The quantitative estimate of drug-likeness (QED) is 0.470. The van der Waals surface area contributed by atoms with Crippen molar-refractivity contribution in [1.29, 1.82) is 0 Å². The molecule has 0 bridgehead atoms.